The molecule has 3 N–H and O–H groups in total. The molecular formula is C22H30FN5O5S. The first kappa shape index (κ1) is 25.8. The smallest absolute Gasteiger partial charge is 0.428 e. The molecule has 1 saturated carbocycles. The van der Waals surface area contributed by atoms with E-state index in [-0.39, 0.29) is 11.6 Å². The normalized spacial score (nSPS) is 17.5. The molecule has 10 nitrogen and oxygen atoms in total. The zero-order valence-corrected chi connectivity index (χ0v) is 19.6. The summed E-state index contributed by atoms with van der Waals surface area (Å²) in [6.07, 6.45) is 7.61. The number of hydroxylamine groups is 1. The molecule has 0 atom stereocenters. The summed E-state index contributed by atoms with van der Waals surface area (Å²) in [6, 6.07) is 6.22. The van der Waals surface area contributed by atoms with Gasteiger partial charge in [0.2, 0.25) is 16.0 Å². The van der Waals surface area contributed by atoms with Crippen molar-refractivity contribution in [3.05, 3.63) is 42.5 Å². The fourth-order valence-electron chi connectivity index (χ4n) is 4.20. The Morgan fingerprint density at radius 3 is 2.09 bits per heavy atom. The Bertz CT molecular complexity index is 1020. The second-order valence-electron chi connectivity index (χ2n) is 8.36. The summed E-state index contributed by atoms with van der Waals surface area (Å²) in [6.45, 7) is 2.11. The third-order valence-corrected chi connectivity index (χ3v) is 8.04. The van der Waals surface area contributed by atoms with Crippen LogP contribution in [0.5, 0.6) is 0 Å². The number of halogens is 1. The zero-order chi connectivity index (χ0) is 24.6. The molecule has 1 aromatic carbocycles. The molecule has 186 valence electrons. The van der Waals surface area contributed by atoms with E-state index in [9.17, 15) is 12.8 Å². The molecule has 2 heterocycles. The number of hydrogen-bond donors (Lipinski definition) is 3. The predicted octanol–water partition coefficient (Wildman–Crippen LogP) is 2.96. The highest BCUT2D eigenvalue weighted by molar-refractivity contribution is 7.89. The van der Waals surface area contributed by atoms with Crippen LogP contribution in [0.2, 0.25) is 0 Å². The Balaban J connectivity index is 0.000000588. The van der Waals surface area contributed by atoms with E-state index in [4.69, 9.17) is 15.1 Å². The first-order valence-electron chi connectivity index (χ1n) is 11.2. The number of nitrogens with one attached hydrogen (secondary N) is 1. The molecular weight excluding hydrogens is 465 g/mol. The number of sulfonamides is 1. The van der Waals surface area contributed by atoms with Crippen LogP contribution in [0.15, 0.2) is 36.7 Å². The lowest BCUT2D eigenvalue weighted by Gasteiger charge is -2.35. The number of nitrogens with zero attached hydrogens (tertiary/aromatic N) is 4. The van der Waals surface area contributed by atoms with Crippen molar-refractivity contribution < 1.29 is 27.9 Å². The van der Waals surface area contributed by atoms with Crippen LogP contribution in [0.3, 0.4) is 0 Å². The molecule has 4 rings (SSSR count). The molecule has 2 fully saturated rings. The van der Waals surface area contributed by atoms with Gasteiger partial charge in [-0.25, -0.2) is 33.1 Å². The minimum Gasteiger partial charge on any atom is -0.464 e. The van der Waals surface area contributed by atoms with Gasteiger partial charge >= 0.3 is 6.09 Å². The number of benzene rings is 1. The van der Waals surface area contributed by atoms with Crippen LogP contribution in [0.1, 0.15) is 32.1 Å². The fraction of sp³-hybridized carbons (Fsp3) is 0.500. The molecule has 2 aliphatic rings. The maximum absolute atomic E-state index is 13.1. The maximum atomic E-state index is 13.1. The fourth-order valence-corrected chi connectivity index (χ4v) is 6.06. The van der Waals surface area contributed by atoms with Crippen molar-refractivity contribution in [2.24, 2.45) is 5.92 Å². The number of aromatic nitrogens is 2. The standard InChI is InChI=1S/C21H27FN4O2S.CH3NO3/c22-20-8-6-18(7-9-20)19-14-23-21(24-15-19)25-10-12-26(13-11-25)29(27,28)16-17-4-2-1-3-5-17;3-1(4)2-5/h6-9,14-15,17H,1-5,10-13,16H2;2,5H,(H,3,4). The SMILES string of the molecule is O=C(O)NO.O=S(=O)(CC1CCCCC1)N1CCN(c2ncc(-c3ccc(F)cc3)cn2)CC1. The second kappa shape index (κ2) is 12.0. The quantitative estimate of drug-likeness (QED) is 0.426. The molecule has 0 radical (unpaired) electrons. The summed E-state index contributed by atoms with van der Waals surface area (Å²) in [4.78, 5) is 19.9. The van der Waals surface area contributed by atoms with E-state index in [1.54, 1.807) is 28.8 Å². The van der Waals surface area contributed by atoms with Gasteiger partial charge in [-0.05, 0) is 36.5 Å². The van der Waals surface area contributed by atoms with Gasteiger partial charge in [0.1, 0.15) is 5.82 Å². The van der Waals surface area contributed by atoms with E-state index in [1.165, 1.54) is 18.6 Å². The Morgan fingerprint density at radius 2 is 1.56 bits per heavy atom. The second-order valence-corrected chi connectivity index (χ2v) is 10.4. The summed E-state index contributed by atoms with van der Waals surface area (Å²) in [5.41, 5.74) is 2.62. The highest BCUT2D eigenvalue weighted by Gasteiger charge is 2.30. The molecule has 1 amide bonds. The van der Waals surface area contributed by atoms with Gasteiger partial charge in [-0.3, -0.25) is 5.21 Å². The highest BCUT2D eigenvalue weighted by atomic mass is 32.2. The molecule has 0 unspecified atom stereocenters. The monoisotopic (exact) mass is 495 g/mol. The van der Waals surface area contributed by atoms with Gasteiger partial charge in [0.15, 0.2) is 0 Å². The largest absolute Gasteiger partial charge is 0.464 e. The molecule has 1 aromatic heterocycles. The summed E-state index contributed by atoms with van der Waals surface area (Å²) >= 11 is 0. The first-order valence-corrected chi connectivity index (χ1v) is 12.8. The van der Waals surface area contributed by atoms with Crippen molar-refractivity contribution in [1.82, 2.24) is 19.8 Å². The summed E-state index contributed by atoms with van der Waals surface area (Å²) < 4.78 is 40.2. The third kappa shape index (κ3) is 7.34. The molecule has 34 heavy (non-hydrogen) atoms. The van der Waals surface area contributed by atoms with Gasteiger partial charge in [-0.2, -0.15) is 4.31 Å². The van der Waals surface area contributed by atoms with E-state index in [0.29, 0.717) is 38.0 Å². The lowest BCUT2D eigenvalue weighted by molar-refractivity contribution is 0.122. The van der Waals surface area contributed by atoms with Crippen LogP contribution >= 0.6 is 0 Å². The number of hydrogen-bond acceptors (Lipinski definition) is 7. The molecule has 2 aromatic rings. The van der Waals surface area contributed by atoms with E-state index in [0.717, 1.165) is 42.3 Å². The maximum Gasteiger partial charge on any atom is 0.428 e. The van der Waals surface area contributed by atoms with E-state index >= 15 is 0 Å². The van der Waals surface area contributed by atoms with Gasteiger partial charge < -0.3 is 10.0 Å². The summed E-state index contributed by atoms with van der Waals surface area (Å²) in [5.74, 6) is 0.924. The number of amides is 1. The van der Waals surface area contributed by atoms with Crippen LogP contribution in [0, 0.1) is 11.7 Å². The van der Waals surface area contributed by atoms with E-state index < -0.39 is 16.1 Å². The van der Waals surface area contributed by atoms with Gasteiger partial charge in [0.25, 0.3) is 0 Å². The van der Waals surface area contributed by atoms with Crippen molar-refractivity contribution in [2.75, 3.05) is 36.8 Å². The molecule has 0 bridgehead atoms. The average molecular weight is 496 g/mol. The van der Waals surface area contributed by atoms with Crippen molar-refractivity contribution in [3.8, 4) is 11.1 Å². The van der Waals surface area contributed by atoms with Crippen LogP contribution in [0.4, 0.5) is 15.1 Å². The van der Waals surface area contributed by atoms with Gasteiger partial charge in [-0.1, -0.05) is 31.4 Å². The number of carboxylic acid groups (broad SMARTS) is 1. The van der Waals surface area contributed by atoms with Crippen molar-refractivity contribution >= 4 is 22.1 Å². The zero-order valence-electron chi connectivity index (χ0n) is 18.8. The van der Waals surface area contributed by atoms with Gasteiger partial charge in [-0.15, -0.1) is 0 Å². The molecule has 1 saturated heterocycles. The molecule has 1 aliphatic heterocycles. The van der Waals surface area contributed by atoms with Gasteiger partial charge in [0.05, 0.1) is 5.75 Å². The topological polar surface area (TPSA) is 136 Å². The van der Waals surface area contributed by atoms with Crippen molar-refractivity contribution in [1.29, 1.82) is 0 Å². The van der Waals surface area contributed by atoms with Crippen molar-refractivity contribution in [2.45, 2.75) is 32.1 Å². The lowest BCUT2D eigenvalue weighted by atomic mass is 9.91. The highest BCUT2D eigenvalue weighted by Crippen LogP contribution is 2.26. The Kier molecular flexibility index (Phi) is 9.13. The first-order chi connectivity index (χ1) is 16.3. The summed E-state index contributed by atoms with van der Waals surface area (Å²) in [7, 11) is -3.20. The molecule has 12 heteroatoms. The Morgan fingerprint density at radius 1 is 1.00 bits per heavy atom. The van der Waals surface area contributed by atoms with E-state index in [2.05, 4.69) is 9.97 Å². The van der Waals surface area contributed by atoms with Crippen molar-refractivity contribution in [3.63, 3.8) is 0 Å². The third-order valence-electron chi connectivity index (χ3n) is 6.00. The number of anilines is 1. The number of carbonyl (C=O) groups is 1. The van der Waals surface area contributed by atoms with Crippen LogP contribution in [-0.2, 0) is 10.0 Å². The van der Waals surface area contributed by atoms with E-state index in [1.807, 2.05) is 4.90 Å². The Hall–Kier alpha value is -2.83. The minimum atomic E-state index is -3.20. The molecule has 1 aliphatic carbocycles. The molecule has 0 spiro atoms. The van der Waals surface area contributed by atoms with Crippen LogP contribution in [-0.4, -0.2) is 71.0 Å². The minimum absolute atomic E-state index is 0.275. The number of piperazine rings is 1. The van der Waals surface area contributed by atoms with Crippen LogP contribution < -0.4 is 10.4 Å². The average Bonchev–Trinajstić information content (AvgIpc) is 2.85. The van der Waals surface area contributed by atoms with Crippen LogP contribution in [0.25, 0.3) is 11.1 Å². The van der Waals surface area contributed by atoms with Gasteiger partial charge in [0, 0.05) is 44.1 Å². The number of rotatable bonds is 5. The summed E-state index contributed by atoms with van der Waals surface area (Å²) in [5, 5.41) is 14.7. The Labute approximate surface area is 198 Å². The predicted molar refractivity (Wildman–Crippen MR) is 125 cm³/mol. The lowest BCUT2D eigenvalue weighted by Crippen LogP contribution is -2.50.